The van der Waals surface area contributed by atoms with Crippen LogP contribution in [0.25, 0.3) is 0 Å². The van der Waals surface area contributed by atoms with Crippen LogP contribution in [-0.2, 0) is 0 Å². The predicted octanol–water partition coefficient (Wildman–Crippen LogP) is 2.44. The molecule has 1 heterocycles. The van der Waals surface area contributed by atoms with Gasteiger partial charge in [-0.3, -0.25) is 4.79 Å². The molecule has 110 valence electrons. The lowest BCUT2D eigenvalue weighted by Crippen LogP contribution is -2.25. The van der Waals surface area contributed by atoms with Gasteiger partial charge in [0.2, 0.25) is 5.89 Å². The second-order valence-corrected chi connectivity index (χ2v) is 5.37. The van der Waals surface area contributed by atoms with Crippen LogP contribution in [0.15, 0.2) is 28.8 Å². The molecule has 0 bridgehead atoms. The lowest BCUT2D eigenvalue weighted by atomic mass is 10.2. The molecule has 3 rings (SSSR count). The monoisotopic (exact) mass is 286 g/mol. The number of benzene rings is 1. The molecular formula is C15H18N4O2. The number of aryl methyl sites for hydroxylation is 1. The van der Waals surface area contributed by atoms with E-state index in [9.17, 15) is 4.79 Å². The Balaban J connectivity index is 1.62. The molecule has 2 N–H and O–H groups in total. The van der Waals surface area contributed by atoms with Crippen LogP contribution in [0.2, 0.25) is 0 Å². The summed E-state index contributed by atoms with van der Waals surface area (Å²) >= 11 is 0. The maximum absolute atomic E-state index is 11.9. The SMILES string of the molecule is Cc1noc(C(C)Nc2ccc(C(=O)NC3CC3)cc2)n1. The molecule has 21 heavy (non-hydrogen) atoms. The fourth-order valence-electron chi connectivity index (χ4n) is 2.01. The van der Waals surface area contributed by atoms with Crippen LogP contribution in [0, 0.1) is 6.92 Å². The second-order valence-electron chi connectivity index (χ2n) is 5.37. The molecule has 1 aliphatic carbocycles. The number of hydrogen-bond donors (Lipinski definition) is 2. The Morgan fingerprint density at radius 1 is 1.33 bits per heavy atom. The van der Waals surface area contributed by atoms with Crippen molar-refractivity contribution in [3.8, 4) is 0 Å². The highest BCUT2D eigenvalue weighted by Crippen LogP contribution is 2.21. The van der Waals surface area contributed by atoms with Gasteiger partial charge < -0.3 is 15.2 Å². The number of rotatable bonds is 5. The van der Waals surface area contributed by atoms with Gasteiger partial charge in [-0.1, -0.05) is 5.16 Å². The summed E-state index contributed by atoms with van der Waals surface area (Å²) in [5, 5.41) is 10.0. The Kier molecular flexibility index (Phi) is 3.60. The lowest BCUT2D eigenvalue weighted by molar-refractivity contribution is 0.0951. The zero-order valence-electron chi connectivity index (χ0n) is 12.1. The van der Waals surface area contributed by atoms with Crippen LogP contribution in [-0.4, -0.2) is 22.1 Å². The zero-order chi connectivity index (χ0) is 14.8. The standard InChI is InChI=1S/C15H18N4O2/c1-9(15-17-10(2)19-21-15)16-12-5-3-11(4-6-12)14(20)18-13-7-8-13/h3-6,9,13,16H,7-8H2,1-2H3,(H,18,20). The van der Waals surface area contributed by atoms with Crippen molar-refractivity contribution < 1.29 is 9.32 Å². The Morgan fingerprint density at radius 2 is 2.05 bits per heavy atom. The summed E-state index contributed by atoms with van der Waals surface area (Å²) in [6.45, 7) is 3.73. The van der Waals surface area contributed by atoms with Crippen molar-refractivity contribution >= 4 is 11.6 Å². The first kappa shape index (κ1) is 13.6. The molecule has 0 spiro atoms. The molecule has 1 aromatic heterocycles. The number of hydrogen-bond acceptors (Lipinski definition) is 5. The topological polar surface area (TPSA) is 80.0 Å². The summed E-state index contributed by atoms with van der Waals surface area (Å²) in [5.41, 5.74) is 1.58. The van der Waals surface area contributed by atoms with Crippen LogP contribution in [0.4, 0.5) is 5.69 Å². The molecule has 1 unspecified atom stereocenters. The van der Waals surface area contributed by atoms with Gasteiger partial charge in [0.05, 0.1) is 0 Å². The fraction of sp³-hybridized carbons (Fsp3) is 0.400. The number of nitrogens with zero attached hydrogens (tertiary/aromatic N) is 2. The van der Waals surface area contributed by atoms with Crippen LogP contribution >= 0.6 is 0 Å². The van der Waals surface area contributed by atoms with Crippen molar-refractivity contribution in [2.24, 2.45) is 0 Å². The smallest absolute Gasteiger partial charge is 0.251 e. The van der Waals surface area contributed by atoms with Gasteiger partial charge in [0.25, 0.3) is 5.91 Å². The van der Waals surface area contributed by atoms with E-state index >= 15 is 0 Å². The van der Waals surface area contributed by atoms with Crippen molar-refractivity contribution in [3.05, 3.63) is 41.5 Å². The zero-order valence-corrected chi connectivity index (χ0v) is 12.1. The Morgan fingerprint density at radius 3 is 2.62 bits per heavy atom. The van der Waals surface area contributed by atoms with E-state index in [1.165, 1.54) is 0 Å². The van der Waals surface area contributed by atoms with Crippen molar-refractivity contribution in [1.82, 2.24) is 15.5 Å². The molecule has 1 atom stereocenters. The average molecular weight is 286 g/mol. The maximum Gasteiger partial charge on any atom is 0.251 e. The van der Waals surface area contributed by atoms with Crippen molar-refractivity contribution in [2.75, 3.05) is 5.32 Å². The van der Waals surface area contributed by atoms with Crippen molar-refractivity contribution in [1.29, 1.82) is 0 Å². The predicted molar refractivity (Wildman–Crippen MR) is 78.0 cm³/mol. The Labute approximate surface area is 122 Å². The van der Waals surface area contributed by atoms with E-state index in [4.69, 9.17) is 4.52 Å². The van der Waals surface area contributed by atoms with Crippen LogP contribution in [0.5, 0.6) is 0 Å². The van der Waals surface area contributed by atoms with Gasteiger partial charge in [0.1, 0.15) is 6.04 Å². The highest BCUT2D eigenvalue weighted by Gasteiger charge is 2.23. The first-order valence-electron chi connectivity index (χ1n) is 7.09. The minimum Gasteiger partial charge on any atom is -0.374 e. The Bertz CT molecular complexity index is 631. The van der Waals surface area contributed by atoms with Crippen LogP contribution < -0.4 is 10.6 Å². The number of aromatic nitrogens is 2. The molecule has 1 amide bonds. The molecule has 6 heteroatoms. The number of amides is 1. The molecule has 1 fully saturated rings. The first-order chi connectivity index (χ1) is 10.1. The van der Waals surface area contributed by atoms with Gasteiger partial charge in [0, 0.05) is 17.3 Å². The lowest BCUT2D eigenvalue weighted by Gasteiger charge is -2.11. The summed E-state index contributed by atoms with van der Waals surface area (Å²) in [5.74, 6) is 1.15. The average Bonchev–Trinajstić information content (AvgIpc) is 3.17. The highest BCUT2D eigenvalue weighted by atomic mass is 16.5. The minimum atomic E-state index is -0.0858. The molecule has 1 saturated carbocycles. The normalized spacial score (nSPS) is 15.5. The molecule has 0 saturated heterocycles. The summed E-state index contributed by atoms with van der Waals surface area (Å²) < 4.78 is 5.12. The Hall–Kier alpha value is -2.37. The number of nitrogens with one attached hydrogen (secondary N) is 2. The molecule has 2 aromatic rings. The van der Waals surface area contributed by atoms with E-state index in [1.807, 2.05) is 31.2 Å². The van der Waals surface area contributed by atoms with E-state index in [-0.39, 0.29) is 11.9 Å². The van der Waals surface area contributed by atoms with E-state index in [1.54, 1.807) is 6.92 Å². The molecule has 6 nitrogen and oxygen atoms in total. The quantitative estimate of drug-likeness (QED) is 0.882. The van der Waals surface area contributed by atoms with Gasteiger partial charge in [-0.05, 0) is 51.0 Å². The third-order valence-electron chi connectivity index (χ3n) is 3.36. The molecule has 1 aliphatic rings. The minimum absolute atomic E-state index is 0.00961. The van der Waals surface area contributed by atoms with Gasteiger partial charge in [-0.15, -0.1) is 0 Å². The first-order valence-corrected chi connectivity index (χ1v) is 7.09. The molecule has 0 radical (unpaired) electrons. The maximum atomic E-state index is 11.9. The highest BCUT2D eigenvalue weighted by molar-refractivity contribution is 5.94. The van der Waals surface area contributed by atoms with Crippen LogP contribution in [0.3, 0.4) is 0 Å². The van der Waals surface area contributed by atoms with E-state index in [0.29, 0.717) is 23.3 Å². The van der Waals surface area contributed by atoms with E-state index < -0.39 is 0 Å². The van der Waals surface area contributed by atoms with Gasteiger partial charge >= 0.3 is 0 Å². The number of carbonyl (C=O) groups excluding carboxylic acids is 1. The summed E-state index contributed by atoms with van der Waals surface area (Å²) in [6.07, 6.45) is 2.18. The number of carbonyl (C=O) groups is 1. The van der Waals surface area contributed by atoms with Crippen molar-refractivity contribution in [2.45, 2.75) is 38.8 Å². The third kappa shape index (κ3) is 3.39. The van der Waals surface area contributed by atoms with Gasteiger partial charge in [0.15, 0.2) is 5.82 Å². The van der Waals surface area contributed by atoms with Crippen LogP contribution in [0.1, 0.15) is 47.9 Å². The van der Waals surface area contributed by atoms with Gasteiger partial charge in [-0.25, -0.2) is 0 Å². The largest absolute Gasteiger partial charge is 0.374 e. The summed E-state index contributed by atoms with van der Waals surface area (Å²) in [7, 11) is 0. The van der Waals surface area contributed by atoms with Gasteiger partial charge in [-0.2, -0.15) is 4.98 Å². The van der Waals surface area contributed by atoms with E-state index in [0.717, 1.165) is 18.5 Å². The third-order valence-corrected chi connectivity index (χ3v) is 3.36. The fourth-order valence-corrected chi connectivity index (χ4v) is 2.01. The molecular weight excluding hydrogens is 268 g/mol. The molecule has 1 aromatic carbocycles. The molecule has 0 aliphatic heterocycles. The van der Waals surface area contributed by atoms with E-state index in [2.05, 4.69) is 20.8 Å². The summed E-state index contributed by atoms with van der Waals surface area (Å²) in [6, 6.07) is 7.66. The number of anilines is 1. The summed E-state index contributed by atoms with van der Waals surface area (Å²) in [4.78, 5) is 16.1. The second kappa shape index (κ2) is 5.55. The van der Waals surface area contributed by atoms with Crippen molar-refractivity contribution in [3.63, 3.8) is 0 Å².